The number of hydrogen-bond donors (Lipinski definition) is 0. The average molecular weight is 230 g/mol. The van der Waals surface area contributed by atoms with E-state index in [1.807, 2.05) is 0 Å². The fraction of sp³-hybridized carbons (Fsp3) is 1.00. The van der Waals surface area contributed by atoms with Crippen molar-refractivity contribution in [1.29, 1.82) is 0 Å². The van der Waals surface area contributed by atoms with Crippen molar-refractivity contribution in [1.82, 2.24) is 0 Å². The van der Waals surface area contributed by atoms with Crippen LogP contribution in [0, 0.1) is 17.8 Å². The summed E-state index contributed by atoms with van der Waals surface area (Å²) >= 11 is 0. The number of rotatable bonds is 10. The molecule has 0 aromatic rings. The zero-order valence-electron chi connectivity index (χ0n) is 11.8. The van der Waals surface area contributed by atoms with E-state index < -0.39 is 0 Å². The Morgan fingerprint density at radius 3 is 1.44 bits per heavy atom. The highest BCUT2D eigenvalue weighted by atomic mass is 16.5. The first-order valence-corrected chi connectivity index (χ1v) is 6.78. The molecule has 0 radical (unpaired) electrons. The highest BCUT2D eigenvalue weighted by Crippen LogP contribution is 2.21. The maximum Gasteiger partial charge on any atom is 0.0494 e. The summed E-state index contributed by atoms with van der Waals surface area (Å²) in [7, 11) is 0. The van der Waals surface area contributed by atoms with Crippen molar-refractivity contribution in [3.63, 3.8) is 0 Å². The van der Waals surface area contributed by atoms with Gasteiger partial charge in [0.15, 0.2) is 0 Å². The van der Waals surface area contributed by atoms with Crippen molar-refractivity contribution in [2.75, 3.05) is 26.4 Å². The van der Waals surface area contributed by atoms with Crippen molar-refractivity contribution in [3.8, 4) is 0 Å². The smallest absolute Gasteiger partial charge is 0.0494 e. The molecule has 0 heterocycles. The number of ether oxygens (including phenoxy) is 2. The van der Waals surface area contributed by atoms with Crippen molar-refractivity contribution in [3.05, 3.63) is 0 Å². The predicted octanol–water partition coefficient (Wildman–Crippen LogP) is 3.75. The molecule has 0 fully saturated rings. The van der Waals surface area contributed by atoms with Gasteiger partial charge in [0.25, 0.3) is 0 Å². The van der Waals surface area contributed by atoms with E-state index in [0.29, 0.717) is 17.8 Å². The summed E-state index contributed by atoms with van der Waals surface area (Å²) < 4.78 is 11.2. The topological polar surface area (TPSA) is 18.5 Å². The molecular weight excluding hydrogens is 200 g/mol. The van der Waals surface area contributed by atoms with E-state index in [9.17, 15) is 0 Å². The van der Waals surface area contributed by atoms with Crippen LogP contribution in [0.15, 0.2) is 0 Å². The van der Waals surface area contributed by atoms with Gasteiger partial charge in [-0.15, -0.1) is 0 Å². The second-order valence-corrected chi connectivity index (χ2v) is 4.96. The first-order chi connectivity index (χ1) is 7.63. The van der Waals surface area contributed by atoms with Crippen LogP contribution in [0.4, 0.5) is 0 Å². The second-order valence-electron chi connectivity index (χ2n) is 4.96. The van der Waals surface area contributed by atoms with Crippen LogP contribution in [0.25, 0.3) is 0 Å². The Morgan fingerprint density at radius 2 is 1.12 bits per heavy atom. The third-order valence-corrected chi connectivity index (χ3v) is 3.25. The molecule has 0 amide bonds. The van der Waals surface area contributed by atoms with Gasteiger partial charge in [0.2, 0.25) is 0 Å². The van der Waals surface area contributed by atoms with E-state index in [1.54, 1.807) is 0 Å². The third-order valence-electron chi connectivity index (χ3n) is 3.25. The summed E-state index contributed by atoms with van der Waals surface area (Å²) in [6.45, 7) is 14.7. The molecule has 0 rings (SSSR count). The molecule has 16 heavy (non-hydrogen) atoms. The fourth-order valence-electron chi connectivity index (χ4n) is 1.69. The largest absolute Gasteiger partial charge is 0.381 e. The predicted molar refractivity (Wildman–Crippen MR) is 69.7 cm³/mol. The zero-order chi connectivity index (χ0) is 12.4. The van der Waals surface area contributed by atoms with Gasteiger partial charge >= 0.3 is 0 Å². The van der Waals surface area contributed by atoms with Gasteiger partial charge in [-0.1, -0.05) is 34.6 Å². The Labute approximate surface area is 102 Å². The molecule has 2 nitrogen and oxygen atoms in total. The van der Waals surface area contributed by atoms with E-state index in [-0.39, 0.29) is 0 Å². The van der Waals surface area contributed by atoms with Crippen molar-refractivity contribution < 1.29 is 9.47 Å². The van der Waals surface area contributed by atoms with E-state index in [4.69, 9.17) is 9.47 Å². The van der Waals surface area contributed by atoms with Gasteiger partial charge < -0.3 is 9.47 Å². The first kappa shape index (κ1) is 15.9. The van der Waals surface area contributed by atoms with E-state index in [0.717, 1.165) is 39.3 Å². The van der Waals surface area contributed by atoms with Gasteiger partial charge in [-0.2, -0.15) is 0 Å². The van der Waals surface area contributed by atoms with Gasteiger partial charge in [0.1, 0.15) is 0 Å². The molecule has 0 bridgehead atoms. The SMILES string of the molecule is CCCOCC(C)C(C)C(C)COCCC. The molecule has 2 heteroatoms. The molecule has 98 valence electrons. The van der Waals surface area contributed by atoms with Crippen LogP contribution in [0.3, 0.4) is 0 Å². The van der Waals surface area contributed by atoms with Crippen LogP contribution in [-0.4, -0.2) is 26.4 Å². The summed E-state index contributed by atoms with van der Waals surface area (Å²) in [5, 5.41) is 0. The lowest BCUT2D eigenvalue weighted by molar-refractivity contribution is 0.0433. The molecule has 0 saturated heterocycles. The molecule has 0 aliphatic rings. The summed E-state index contributed by atoms with van der Waals surface area (Å²) in [4.78, 5) is 0. The van der Waals surface area contributed by atoms with Crippen LogP contribution < -0.4 is 0 Å². The molecule has 2 unspecified atom stereocenters. The average Bonchev–Trinajstić information content (AvgIpc) is 2.28. The van der Waals surface area contributed by atoms with Gasteiger partial charge in [-0.3, -0.25) is 0 Å². The Balaban J connectivity index is 3.68. The van der Waals surface area contributed by atoms with Crippen LogP contribution in [0.2, 0.25) is 0 Å². The van der Waals surface area contributed by atoms with Crippen molar-refractivity contribution in [2.24, 2.45) is 17.8 Å². The van der Waals surface area contributed by atoms with Crippen LogP contribution >= 0.6 is 0 Å². The van der Waals surface area contributed by atoms with Gasteiger partial charge in [0, 0.05) is 26.4 Å². The quantitative estimate of drug-likeness (QED) is 0.532. The molecule has 0 aliphatic heterocycles. The minimum absolute atomic E-state index is 0.617. The minimum atomic E-state index is 0.617. The fourth-order valence-corrected chi connectivity index (χ4v) is 1.69. The van der Waals surface area contributed by atoms with E-state index in [1.165, 1.54) is 0 Å². The maximum atomic E-state index is 5.60. The van der Waals surface area contributed by atoms with Gasteiger partial charge in [-0.25, -0.2) is 0 Å². The molecule has 0 spiro atoms. The molecule has 0 aromatic heterocycles. The molecule has 0 aromatic carbocycles. The summed E-state index contributed by atoms with van der Waals surface area (Å²) in [6, 6.07) is 0. The lowest BCUT2D eigenvalue weighted by Gasteiger charge is -2.26. The summed E-state index contributed by atoms with van der Waals surface area (Å²) in [6.07, 6.45) is 2.21. The Kier molecular flexibility index (Phi) is 10.0. The second kappa shape index (κ2) is 10.1. The molecule has 0 saturated carbocycles. The highest BCUT2D eigenvalue weighted by molar-refractivity contribution is 4.67. The van der Waals surface area contributed by atoms with Crippen LogP contribution in [-0.2, 0) is 9.47 Å². The highest BCUT2D eigenvalue weighted by Gasteiger charge is 2.19. The van der Waals surface area contributed by atoms with Crippen molar-refractivity contribution >= 4 is 0 Å². The summed E-state index contributed by atoms with van der Waals surface area (Å²) in [5.41, 5.74) is 0. The van der Waals surface area contributed by atoms with E-state index >= 15 is 0 Å². The molecular formula is C14H30O2. The molecule has 0 aliphatic carbocycles. The molecule has 0 N–H and O–H groups in total. The van der Waals surface area contributed by atoms with Gasteiger partial charge in [-0.05, 0) is 30.6 Å². The van der Waals surface area contributed by atoms with Gasteiger partial charge in [0.05, 0.1) is 0 Å². The lowest BCUT2D eigenvalue weighted by atomic mass is 9.86. The minimum Gasteiger partial charge on any atom is -0.381 e. The maximum absolute atomic E-state index is 5.60. The summed E-state index contributed by atoms with van der Waals surface area (Å²) in [5.74, 6) is 1.90. The Bertz CT molecular complexity index is 132. The first-order valence-electron chi connectivity index (χ1n) is 6.78. The Morgan fingerprint density at radius 1 is 0.750 bits per heavy atom. The Hall–Kier alpha value is -0.0800. The number of hydrogen-bond acceptors (Lipinski definition) is 2. The monoisotopic (exact) mass is 230 g/mol. The third kappa shape index (κ3) is 7.24. The molecule has 2 atom stereocenters. The van der Waals surface area contributed by atoms with Crippen LogP contribution in [0.5, 0.6) is 0 Å². The standard InChI is InChI=1S/C14H30O2/c1-6-8-15-10-12(3)14(5)13(4)11-16-9-7-2/h12-14H,6-11H2,1-5H3. The van der Waals surface area contributed by atoms with E-state index in [2.05, 4.69) is 34.6 Å². The van der Waals surface area contributed by atoms with Crippen molar-refractivity contribution in [2.45, 2.75) is 47.5 Å². The lowest BCUT2D eigenvalue weighted by Crippen LogP contribution is -2.24. The normalized spacial score (nSPS) is 17.1. The zero-order valence-corrected chi connectivity index (χ0v) is 11.8. The van der Waals surface area contributed by atoms with Crippen LogP contribution in [0.1, 0.15) is 47.5 Å².